The second kappa shape index (κ2) is 5.13. The van der Waals surface area contributed by atoms with Gasteiger partial charge < -0.3 is 5.21 Å². The molecule has 1 aliphatic carbocycles. The summed E-state index contributed by atoms with van der Waals surface area (Å²) in [4.78, 5) is 3.94. The van der Waals surface area contributed by atoms with Crippen molar-refractivity contribution in [3.8, 4) is 0 Å². The van der Waals surface area contributed by atoms with Crippen LogP contribution in [0.25, 0.3) is 0 Å². The van der Waals surface area contributed by atoms with E-state index in [1.54, 1.807) is 11.0 Å². The molecule has 5 nitrogen and oxygen atoms in total. The van der Waals surface area contributed by atoms with Crippen LogP contribution in [0.5, 0.6) is 0 Å². The van der Waals surface area contributed by atoms with Crippen LogP contribution < -0.4 is 0 Å². The highest BCUT2D eigenvalue weighted by molar-refractivity contribution is 9.10. The number of aromatic nitrogens is 3. The normalized spacial score (nSPS) is 20.5. The Balaban J connectivity index is 1.94. The Bertz CT molecular complexity index is 609. The molecule has 0 saturated heterocycles. The van der Waals surface area contributed by atoms with Crippen molar-refractivity contribution in [2.24, 2.45) is 11.1 Å². The molecule has 1 atom stereocenters. The van der Waals surface area contributed by atoms with E-state index >= 15 is 0 Å². The maximum absolute atomic E-state index is 9.36. The lowest BCUT2D eigenvalue weighted by Crippen LogP contribution is -2.27. The van der Waals surface area contributed by atoms with E-state index in [4.69, 9.17) is 0 Å². The molecule has 1 unspecified atom stereocenters. The zero-order valence-electron chi connectivity index (χ0n) is 10.2. The third-order valence-corrected chi connectivity index (χ3v) is 4.25. The first kappa shape index (κ1) is 12.3. The van der Waals surface area contributed by atoms with Gasteiger partial charge in [-0.25, -0.2) is 4.98 Å². The number of rotatable bonds is 2. The smallest absolute Gasteiger partial charge is 0.137 e. The molecule has 1 heterocycles. The highest BCUT2D eigenvalue weighted by atomic mass is 79.9. The van der Waals surface area contributed by atoms with Gasteiger partial charge in [0.1, 0.15) is 12.7 Å². The Morgan fingerprint density at radius 3 is 3.11 bits per heavy atom. The molecule has 3 rings (SSSR count). The molecular weight excluding hydrogens is 308 g/mol. The highest BCUT2D eigenvalue weighted by Gasteiger charge is 2.27. The summed E-state index contributed by atoms with van der Waals surface area (Å²) in [6.45, 7) is 0.686. The van der Waals surface area contributed by atoms with Crippen LogP contribution in [0.3, 0.4) is 0 Å². The van der Waals surface area contributed by atoms with Gasteiger partial charge in [0.05, 0.1) is 12.3 Å². The minimum atomic E-state index is 0.161. The molecule has 2 aromatic rings. The largest absolute Gasteiger partial charge is 0.411 e. The summed E-state index contributed by atoms with van der Waals surface area (Å²) in [6, 6.07) is 5.99. The molecule has 6 heteroatoms. The van der Waals surface area contributed by atoms with Crippen molar-refractivity contribution in [2.45, 2.75) is 19.4 Å². The molecule has 0 spiro atoms. The Hall–Kier alpha value is -1.69. The summed E-state index contributed by atoms with van der Waals surface area (Å²) in [7, 11) is 0. The van der Waals surface area contributed by atoms with E-state index in [1.165, 1.54) is 11.9 Å². The molecule has 1 aromatic heterocycles. The maximum atomic E-state index is 9.36. The third-order valence-electron chi connectivity index (χ3n) is 3.51. The van der Waals surface area contributed by atoms with Gasteiger partial charge in [0.15, 0.2) is 0 Å². The second-order valence-electron chi connectivity index (χ2n) is 4.60. The van der Waals surface area contributed by atoms with Crippen molar-refractivity contribution in [3.63, 3.8) is 0 Å². The summed E-state index contributed by atoms with van der Waals surface area (Å²) in [5.74, 6) is 0.161. The lowest BCUT2D eigenvalue weighted by Gasteiger charge is -2.26. The van der Waals surface area contributed by atoms with E-state index in [1.807, 2.05) is 18.2 Å². The van der Waals surface area contributed by atoms with E-state index < -0.39 is 0 Å². The Labute approximate surface area is 119 Å². The van der Waals surface area contributed by atoms with Crippen molar-refractivity contribution >= 4 is 21.6 Å². The molecule has 98 valence electrons. The quantitative estimate of drug-likeness (QED) is 0.683. The van der Waals surface area contributed by atoms with Gasteiger partial charge >= 0.3 is 0 Å². The van der Waals surface area contributed by atoms with Gasteiger partial charge in [-0.05, 0) is 24.5 Å². The van der Waals surface area contributed by atoms with E-state index in [9.17, 15) is 5.21 Å². The monoisotopic (exact) mass is 320 g/mol. The molecule has 0 saturated carbocycles. The minimum absolute atomic E-state index is 0.161. The zero-order chi connectivity index (χ0) is 13.2. The molecule has 1 aliphatic rings. The summed E-state index contributed by atoms with van der Waals surface area (Å²) < 4.78 is 2.85. The van der Waals surface area contributed by atoms with Crippen LogP contribution in [0.4, 0.5) is 0 Å². The van der Waals surface area contributed by atoms with Gasteiger partial charge in [-0.1, -0.05) is 33.2 Å². The van der Waals surface area contributed by atoms with E-state index in [0.29, 0.717) is 6.54 Å². The average molecular weight is 321 g/mol. The molecule has 0 aliphatic heterocycles. The average Bonchev–Trinajstić information content (AvgIpc) is 2.92. The fraction of sp³-hybridized carbons (Fsp3) is 0.308. The predicted octanol–water partition coefficient (Wildman–Crippen LogP) is 2.48. The fourth-order valence-corrected chi connectivity index (χ4v) is 3.16. The third kappa shape index (κ3) is 2.28. The molecule has 0 bridgehead atoms. The van der Waals surface area contributed by atoms with Gasteiger partial charge in [0.25, 0.3) is 0 Å². The van der Waals surface area contributed by atoms with Crippen LogP contribution >= 0.6 is 15.9 Å². The number of hydrogen-bond acceptors (Lipinski definition) is 4. The summed E-state index contributed by atoms with van der Waals surface area (Å²) in [5.41, 5.74) is 2.97. The summed E-state index contributed by atoms with van der Waals surface area (Å²) in [6.07, 6.45) is 5.11. The first-order valence-electron chi connectivity index (χ1n) is 6.11. The zero-order valence-corrected chi connectivity index (χ0v) is 11.8. The van der Waals surface area contributed by atoms with Crippen LogP contribution in [0.2, 0.25) is 0 Å². The van der Waals surface area contributed by atoms with Crippen molar-refractivity contribution in [1.29, 1.82) is 0 Å². The molecule has 0 fully saturated rings. The molecule has 19 heavy (non-hydrogen) atoms. The number of halogens is 1. The van der Waals surface area contributed by atoms with Crippen molar-refractivity contribution in [1.82, 2.24) is 14.8 Å². The minimum Gasteiger partial charge on any atom is -0.411 e. The molecule has 0 amide bonds. The Morgan fingerprint density at radius 1 is 1.47 bits per heavy atom. The number of oxime groups is 1. The highest BCUT2D eigenvalue weighted by Crippen LogP contribution is 2.31. The van der Waals surface area contributed by atoms with Gasteiger partial charge in [-0.15, -0.1) is 0 Å². The van der Waals surface area contributed by atoms with E-state index in [0.717, 1.165) is 28.6 Å². The first-order chi connectivity index (χ1) is 9.29. The van der Waals surface area contributed by atoms with Crippen LogP contribution in [-0.2, 0) is 13.0 Å². The van der Waals surface area contributed by atoms with Gasteiger partial charge in [0, 0.05) is 16.0 Å². The van der Waals surface area contributed by atoms with E-state index in [2.05, 4.69) is 31.2 Å². The summed E-state index contributed by atoms with van der Waals surface area (Å²) >= 11 is 3.56. The van der Waals surface area contributed by atoms with Gasteiger partial charge in [-0.2, -0.15) is 5.10 Å². The predicted molar refractivity (Wildman–Crippen MR) is 74.3 cm³/mol. The standard InChI is InChI=1S/C13H13BrN4O/c14-12-3-1-2-11-10(12)5-4-9(13(11)17-19)6-18-8-15-7-16-18/h1-3,7-9,19H,4-6H2/b17-13-. The topological polar surface area (TPSA) is 63.3 Å². The van der Waals surface area contributed by atoms with Crippen LogP contribution in [0.1, 0.15) is 17.5 Å². The maximum Gasteiger partial charge on any atom is 0.137 e. The number of fused-ring (bicyclic) bond motifs is 1. The fourth-order valence-electron chi connectivity index (χ4n) is 2.59. The van der Waals surface area contributed by atoms with Gasteiger partial charge in [0.2, 0.25) is 0 Å². The Morgan fingerprint density at radius 2 is 2.37 bits per heavy atom. The Kier molecular flexibility index (Phi) is 3.33. The SMILES string of the molecule is O/N=C1\c2cccc(Br)c2CCC1Cn1cncn1. The molecule has 1 aromatic carbocycles. The van der Waals surface area contributed by atoms with E-state index in [-0.39, 0.29) is 5.92 Å². The van der Waals surface area contributed by atoms with Crippen molar-refractivity contribution < 1.29 is 5.21 Å². The number of benzene rings is 1. The van der Waals surface area contributed by atoms with Crippen LogP contribution in [0.15, 0.2) is 40.5 Å². The lowest BCUT2D eigenvalue weighted by atomic mass is 9.82. The molecule has 1 N–H and O–H groups in total. The summed E-state index contributed by atoms with van der Waals surface area (Å²) in [5, 5.41) is 17.0. The number of nitrogens with zero attached hydrogens (tertiary/aromatic N) is 4. The second-order valence-corrected chi connectivity index (χ2v) is 5.46. The van der Waals surface area contributed by atoms with Crippen molar-refractivity contribution in [2.75, 3.05) is 0 Å². The van der Waals surface area contributed by atoms with Crippen LogP contribution in [0, 0.1) is 5.92 Å². The first-order valence-corrected chi connectivity index (χ1v) is 6.91. The van der Waals surface area contributed by atoms with Crippen LogP contribution in [-0.4, -0.2) is 25.7 Å². The van der Waals surface area contributed by atoms with Crippen molar-refractivity contribution in [3.05, 3.63) is 46.5 Å². The number of hydrogen-bond donors (Lipinski definition) is 1. The molecule has 0 radical (unpaired) electrons. The lowest BCUT2D eigenvalue weighted by molar-refractivity contribution is 0.311. The van der Waals surface area contributed by atoms with Gasteiger partial charge in [-0.3, -0.25) is 4.68 Å². The molecular formula is C13H13BrN4O.